The predicted molar refractivity (Wildman–Crippen MR) is 44.7 cm³/mol. The number of carboxylic acid groups (broad SMARTS) is 1. The third-order valence-corrected chi connectivity index (χ3v) is 2.25. The van der Waals surface area contributed by atoms with Crippen molar-refractivity contribution in [2.45, 2.75) is 4.90 Å². The van der Waals surface area contributed by atoms with Crippen molar-refractivity contribution in [1.29, 1.82) is 0 Å². The molecule has 0 amide bonds. The largest absolute Gasteiger partial charge is 1.00 e. The third-order valence-electron chi connectivity index (χ3n) is 1.39. The van der Waals surface area contributed by atoms with Gasteiger partial charge < -0.3 is 19.5 Å². The van der Waals surface area contributed by atoms with Crippen molar-refractivity contribution >= 4 is 16.3 Å². The van der Waals surface area contributed by atoms with Gasteiger partial charge >= 0.3 is 57.5 Å². The van der Waals surface area contributed by atoms with Gasteiger partial charge in [0.2, 0.25) is 0 Å². The Labute approximate surface area is 133 Å². The number of rotatable bonds is 2. The van der Waals surface area contributed by atoms with Gasteiger partial charge in [0.1, 0.15) is 20.8 Å². The van der Waals surface area contributed by atoms with Gasteiger partial charge in [0.25, 0.3) is 0 Å². The molecule has 0 atom stereocenters. The molecule has 0 spiro atoms. The summed E-state index contributed by atoms with van der Waals surface area (Å²) in [5.74, 6) is -1.13. The van der Waals surface area contributed by atoms with Crippen LogP contribution in [0.15, 0.2) is 23.1 Å². The summed E-state index contributed by atoms with van der Waals surface area (Å²) in [6, 6.07) is 2.47. The van der Waals surface area contributed by atoms with Gasteiger partial charge in [-0.3, -0.25) is 0 Å². The van der Waals surface area contributed by atoms with Crippen LogP contribution in [-0.2, 0) is 10.1 Å². The quantitative estimate of drug-likeness (QED) is 0.261. The molecule has 7 nitrogen and oxygen atoms in total. The Hall–Kier alpha value is -0.164. The molecule has 0 unspecified atom stereocenters. The van der Waals surface area contributed by atoms with Crippen LogP contribution in [0, 0.1) is 0 Å². The molecule has 0 aliphatic carbocycles. The maximum absolute atomic E-state index is 10.6. The van der Waals surface area contributed by atoms with E-state index in [1.165, 1.54) is 0 Å². The second-order valence-electron chi connectivity index (χ2n) is 2.45. The van der Waals surface area contributed by atoms with Crippen LogP contribution in [0.25, 0.3) is 0 Å². The summed E-state index contributed by atoms with van der Waals surface area (Å²) in [7, 11) is -4.90. The maximum atomic E-state index is 10.6. The van der Waals surface area contributed by atoms with Gasteiger partial charge in [-0.25, -0.2) is 13.2 Å². The Bertz CT molecular complexity index is 495. The van der Waals surface area contributed by atoms with E-state index in [1.807, 2.05) is 0 Å². The van der Waals surface area contributed by atoms with E-state index in [-0.39, 0.29) is 51.4 Å². The molecule has 82 valence electrons. The first-order valence-electron chi connectivity index (χ1n) is 3.50. The molecule has 0 aromatic heterocycles. The number of hydrogen-bond acceptors (Lipinski definition) is 6. The summed E-state index contributed by atoms with van der Waals surface area (Å²) in [6.07, 6.45) is -1.76. The number of carbonyl (C=O) groups is 1. The molecule has 0 radical (unpaired) electrons. The average molecular weight is 272 g/mol. The van der Waals surface area contributed by atoms with Crippen LogP contribution in [0.4, 0.5) is 4.79 Å². The van der Waals surface area contributed by atoms with Gasteiger partial charge in [0.05, 0.1) is 0 Å². The summed E-state index contributed by atoms with van der Waals surface area (Å²) in [6.45, 7) is 0. The van der Waals surface area contributed by atoms with Gasteiger partial charge in [0.15, 0.2) is 5.75 Å². The van der Waals surface area contributed by atoms with Crippen LogP contribution in [0.3, 0.4) is 0 Å². The van der Waals surface area contributed by atoms with E-state index in [0.29, 0.717) is 6.07 Å². The molecule has 1 aromatic rings. The minimum Gasteiger partial charge on any atom is -0.744 e. The summed E-state index contributed by atoms with van der Waals surface area (Å²) < 4.78 is 36.0. The van der Waals surface area contributed by atoms with E-state index in [2.05, 4.69) is 4.74 Å². The maximum Gasteiger partial charge on any atom is 1.00 e. The molecule has 16 heavy (non-hydrogen) atoms. The van der Waals surface area contributed by atoms with Crippen molar-refractivity contribution in [3.05, 3.63) is 18.2 Å². The monoisotopic (exact) mass is 272 g/mol. The second kappa shape index (κ2) is 5.96. The smallest absolute Gasteiger partial charge is 0.744 e. The molecule has 1 rings (SSSR count). The van der Waals surface area contributed by atoms with Crippen molar-refractivity contribution in [3.63, 3.8) is 0 Å². The molecule has 0 heterocycles. The number of aromatic hydroxyl groups is 1. The second-order valence-corrected chi connectivity index (χ2v) is 3.80. The van der Waals surface area contributed by atoms with Gasteiger partial charge in [-0.05, 0) is 12.1 Å². The number of phenolic OH excluding ortho intramolecular Hbond substituents is 1. The molecule has 0 aliphatic heterocycles. The number of ether oxygens (including phenoxy) is 1. The van der Waals surface area contributed by atoms with E-state index >= 15 is 0 Å². The van der Waals surface area contributed by atoms with E-state index in [9.17, 15) is 17.8 Å². The molecule has 0 aliphatic rings. The van der Waals surface area contributed by atoms with Crippen LogP contribution in [0.5, 0.6) is 11.5 Å². The summed E-state index contributed by atoms with van der Waals surface area (Å²) in [5.41, 5.74) is 0. The minimum atomic E-state index is -4.90. The fraction of sp³-hybridized carbons (Fsp3) is 0. The zero-order valence-corrected chi connectivity index (χ0v) is 12.0. The fourth-order valence-corrected chi connectivity index (χ4v) is 1.49. The summed E-state index contributed by atoms with van der Waals surface area (Å²) in [5, 5.41) is 17.2. The van der Waals surface area contributed by atoms with Crippen LogP contribution >= 0.6 is 0 Å². The zero-order chi connectivity index (χ0) is 11.6. The van der Waals surface area contributed by atoms with Crippen molar-refractivity contribution < 1.29 is 84.1 Å². The molecular formula is C7H5KO7S. The third kappa shape index (κ3) is 4.37. The van der Waals surface area contributed by atoms with Crippen molar-refractivity contribution in [2.24, 2.45) is 0 Å². The standard InChI is InChI=1S/C7H6O7S.K/c8-4-1-2-5(14-7(9)10)6(3-4)15(11,12)13;/h1-3,8H,(H,9,10)(H,11,12,13);/q;+1/p-1. The summed E-state index contributed by atoms with van der Waals surface area (Å²) >= 11 is 0. The first-order chi connectivity index (χ1) is 6.80. The zero-order valence-electron chi connectivity index (χ0n) is 8.08. The van der Waals surface area contributed by atoms with Gasteiger partial charge in [-0.1, -0.05) is 0 Å². The van der Waals surface area contributed by atoms with E-state index < -0.39 is 32.7 Å². The molecular weight excluding hydrogens is 267 g/mol. The van der Waals surface area contributed by atoms with Gasteiger partial charge in [0, 0.05) is 6.07 Å². The topological polar surface area (TPSA) is 124 Å². The van der Waals surface area contributed by atoms with Crippen molar-refractivity contribution in [3.8, 4) is 11.5 Å². The van der Waals surface area contributed by atoms with Crippen LogP contribution in [0.1, 0.15) is 0 Å². The molecule has 0 fully saturated rings. The van der Waals surface area contributed by atoms with Crippen LogP contribution < -0.4 is 56.1 Å². The number of phenols is 1. The Morgan fingerprint density at radius 3 is 2.38 bits per heavy atom. The SMILES string of the molecule is O=C(O)Oc1ccc(O)cc1S(=O)(=O)[O-].[K+]. The predicted octanol–water partition coefficient (Wildman–Crippen LogP) is -2.64. The Balaban J connectivity index is 0.00000225. The first kappa shape index (κ1) is 15.8. The summed E-state index contributed by atoms with van der Waals surface area (Å²) in [4.78, 5) is 9.23. The molecule has 0 bridgehead atoms. The molecule has 1 aromatic carbocycles. The number of hydrogen-bond donors (Lipinski definition) is 2. The molecule has 2 N–H and O–H groups in total. The number of benzene rings is 1. The normalized spacial score (nSPS) is 10.3. The first-order valence-corrected chi connectivity index (χ1v) is 4.91. The van der Waals surface area contributed by atoms with E-state index in [4.69, 9.17) is 10.2 Å². The van der Waals surface area contributed by atoms with Crippen molar-refractivity contribution in [1.82, 2.24) is 0 Å². The van der Waals surface area contributed by atoms with Gasteiger partial charge in [-0.2, -0.15) is 0 Å². The van der Waals surface area contributed by atoms with E-state index in [0.717, 1.165) is 12.1 Å². The van der Waals surface area contributed by atoms with Crippen LogP contribution in [-0.4, -0.2) is 29.3 Å². The average Bonchev–Trinajstić information content (AvgIpc) is 2.05. The molecule has 9 heteroatoms. The Morgan fingerprint density at radius 1 is 1.38 bits per heavy atom. The molecule has 0 saturated heterocycles. The Kier molecular flexibility index (Phi) is 5.90. The van der Waals surface area contributed by atoms with Crippen molar-refractivity contribution in [2.75, 3.05) is 0 Å². The minimum absolute atomic E-state index is 0. The Morgan fingerprint density at radius 2 is 1.94 bits per heavy atom. The molecule has 0 saturated carbocycles. The fourth-order valence-electron chi connectivity index (χ4n) is 0.871. The van der Waals surface area contributed by atoms with E-state index in [1.54, 1.807) is 0 Å². The van der Waals surface area contributed by atoms with Crippen LogP contribution in [0.2, 0.25) is 0 Å². The van der Waals surface area contributed by atoms with Gasteiger partial charge in [-0.15, -0.1) is 0 Å².